The second kappa shape index (κ2) is 4.36. The Labute approximate surface area is 126 Å². The molecule has 3 aliphatic rings. The summed E-state index contributed by atoms with van der Waals surface area (Å²) in [7, 11) is 0. The summed E-state index contributed by atoms with van der Waals surface area (Å²) in [5, 5.41) is 20.2. The van der Waals surface area contributed by atoms with Crippen molar-refractivity contribution in [2.45, 2.75) is 51.6 Å². The molecule has 2 heteroatoms. The number of fused-ring (bicyclic) bond motifs is 5. The van der Waals surface area contributed by atoms with E-state index in [1.54, 1.807) is 0 Å². The van der Waals surface area contributed by atoms with Crippen molar-refractivity contribution in [1.29, 1.82) is 0 Å². The molecule has 0 heterocycles. The third-order valence-corrected chi connectivity index (χ3v) is 6.59. The number of allylic oxidation sites excluding steroid dienone is 2. The van der Waals surface area contributed by atoms with Crippen molar-refractivity contribution in [3.63, 3.8) is 0 Å². The predicted molar refractivity (Wildman–Crippen MR) is 84.1 cm³/mol. The lowest BCUT2D eigenvalue weighted by atomic mass is 9.56. The van der Waals surface area contributed by atoms with E-state index in [2.05, 4.69) is 26.0 Å². The van der Waals surface area contributed by atoms with E-state index in [4.69, 9.17) is 0 Å². The van der Waals surface area contributed by atoms with E-state index < -0.39 is 0 Å². The second-order valence-corrected chi connectivity index (χ2v) is 7.55. The van der Waals surface area contributed by atoms with Gasteiger partial charge in [-0.2, -0.15) is 0 Å². The van der Waals surface area contributed by atoms with Gasteiger partial charge in [0, 0.05) is 0 Å². The molecule has 21 heavy (non-hydrogen) atoms. The van der Waals surface area contributed by atoms with Crippen LogP contribution in [0.5, 0.6) is 5.75 Å². The van der Waals surface area contributed by atoms with Crippen LogP contribution >= 0.6 is 0 Å². The maximum atomic E-state index is 10.4. The summed E-state index contributed by atoms with van der Waals surface area (Å²) in [6.07, 6.45) is 6.67. The Balaban J connectivity index is 1.80. The van der Waals surface area contributed by atoms with Gasteiger partial charge in [0.2, 0.25) is 0 Å². The maximum absolute atomic E-state index is 10.4. The van der Waals surface area contributed by atoms with Crippen LogP contribution in [0.2, 0.25) is 0 Å². The fourth-order valence-electron chi connectivity index (χ4n) is 5.35. The Kier molecular flexibility index (Phi) is 2.78. The quantitative estimate of drug-likeness (QED) is 0.753. The fraction of sp³-hybridized carbons (Fsp3) is 0.579. The first-order chi connectivity index (χ1) is 10.0. The van der Waals surface area contributed by atoms with E-state index in [9.17, 15) is 10.2 Å². The predicted octanol–water partition coefficient (Wildman–Crippen LogP) is 4.08. The molecule has 2 nitrogen and oxygen atoms in total. The first-order valence-corrected chi connectivity index (χ1v) is 8.20. The molecule has 0 amide bonds. The first kappa shape index (κ1) is 13.4. The Hall–Kier alpha value is -1.28. The van der Waals surface area contributed by atoms with Crippen LogP contribution in [0.4, 0.5) is 0 Å². The highest BCUT2D eigenvalue weighted by atomic mass is 16.3. The Morgan fingerprint density at radius 1 is 1.19 bits per heavy atom. The number of benzene rings is 1. The third-order valence-electron chi connectivity index (χ3n) is 6.59. The van der Waals surface area contributed by atoms with Crippen molar-refractivity contribution in [2.75, 3.05) is 0 Å². The smallest absolute Gasteiger partial charge is 0.116 e. The highest BCUT2D eigenvalue weighted by Gasteiger charge is 2.53. The number of phenols is 1. The van der Waals surface area contributed by atoms with Crippen LogP contribution in [-0.4, -0.2) is 16.3 Å². The van der Waals surface area contributed by atoms with Gasteiger partial charge in [-0.3, -0.25) is 0 Å². The molecule has 3 aliphatic carbocycles. The van der Waals surface area contributed by atoms with E-state index in [1.165, 1.54) is 16.7 Å². The van der Waals surface area contributed by atoms with Crippen LogP contribution in [0.15, 0.2) is 24.3 Å². The minimum absolute atomic E-state index is 0.104. The number of aliphatic hydroxyl groups excluding tert-OH is 1. The van der Waals surface area contributed by atoms with Crippen LogP contribution < -0.4 is 0 Å². The van der Waals surface area contributed by atoms with Crippen molar-refractivity contribution in [2.24, 2.45) is 17.3 Å². The van der Waals surface area contributed by atoms with E-state index in [-0.39, 0.29) is 11.5 Å². The molecule has 0 bridgehead atoms. The van der Waals surface area contributed by atoms with Gasteiger partial charge < -0.3 is 10.2 Å². The number of aromatic hydroxyl groups is 1. The van der Waals surface area contributed by atoms with Crippen LogP contribution in [0.25, 0.3) is 5.57 Å². The zero-order valence-corrected chi connectivity index (χ0v) is 12.8. The van der Waals surface area contributed by atoms with Gasteiger partial charge in [-0.15, -0.1) is 0 Å². The zero-order chi connectivity index (χ0) is 14.8. The van der Waals surface area contributed by atoms with Crippen molar-refractivity contribution >= 4 is 5.57 Å². The molecule has 0 aliphatic heterocycles. The number of aliphatic hydroxyl groups is 1. The monoisotopic (exact) mass is 284 g/mol. The molecule has 2 fully saturated rings. The SMILES string of the molecule is CC1=C[C@@H]2[C@H](CC[C@]3(C)[C@@H](O)CC[C@@H]23)c2ccc(O)cc21. The number of rotatable bonds is 0. The molecular weight excluding hydrogens is 260 g/mol. The van der Waals surface area contributed by atoms with Gasteiger partial charge in [-0.05, 0) is 84.6 Å². The lowest BCUT2D eigenvalue weighted by Crippen LogP contribution is -2.42. The molecular formula is C19H24O2. The lowest BCUT2D eigenvalue weighted by Gasteiger charge is -2.48. The Morgan fingerprint density at radius 3 is 2.81 bits per heavy atom. The average molecular weight is 284 g/mol. The van der Waals surface area contributed by atoms with Gasteiger partial charge in [-0.1, -0.05) is 19.1 Å². The Morgan fingerprint density at radius 2 is 2.00 bits per heavy atom. The summed E-state index contributed by atoms with van der Waals surface area (Å²) < 4.78 is 0. The molecule has 0 unspecified atom stereocenters. The maximum Gasteiger partial charge on any atom is 0.116 e. The first-order valence-electron chi connectivity index (χ1n) is 8.20. The van der Waals surface area contributed by atoms with Crippen LogP contribution in [-0.2, 0) is 0 Å². The molecule has 5 atom stereocenters. The molecule has 0 saturated heterocycles. The average Bonchev–Trinajstić information content (AvgIpc) is 2.76. The van der Waals surface area contributed by atoms with Gasteiger partial charge in [0.1, 0.15) is 5.75 Å². The van der Waals surface area contributed by atoms with Gasteiger partial charge >= 0.3 is 0 Å². The summed E-state index contributed by atoms with van der Waals surface area (Å²) in [6.45, 7) is 4.45. The molecule has 0 aromatic heterocycles. The van der Waals surface area contributed by atoms with Gasteiger partial charge in [-0.25, -0.2) is 0 Å². The summed E-state index contributed by atoms with van der Waals surface area (Å²) in [5.74, 6) is 2.07. The molecule has 0 radical (unpaired) electrons. The molecule has 0 spiro atoms. The van der Waals surface area contributed by atoms with E-state index in [0.29, 0.717) is 23.5 Å². The molecule has 2 saturated carbocycles. The largest absolute Gasteiger partial charge is 0.508 e. The summed E-state index contributed by atoms with van der Waals surface area (Å²) >= 11 is 0. The fourth-order valence-corrected chi connectivity index (χ4v) is 5.35. The van der Waals surface area contributed by atoms with Crippen LogP contribution in [0, 0.1) is 17.3 Å². The number of hydrogen-bond donors (Lipinski definition) is 2. The van der Waals surface area contributed by atoms with Gasteiger partial charge in [0.05, 0.1) is 6.10 Å². The van der Waals surface area contributed by atoms with Gasteiger partial charge in [0.15, 0.2) is 0 Å². The zero-order valence-electron chi connectivity index (χ0n) is 12.8. The standard InChI is InChI=1S/C19H24O2/c1-11-9-16-14(13-4-3-12(20)10-15(11)13)7-8-19(2)17(16)5-6-18(19)21/h3-4,9-10,14,16-18,20-21H,5-8H2,1-2H3/t14-,16-,17+,18+,19+/m1/s1. The van der Waals surface area contributed by atoms with E-state index in [1.807, 2.05) is 12.1 Å². The van der Waals surface area contributed by atoms with Crippen molar-refractivity contribution in [3.05, 3.63) is 35.4 Å². The topological polar surface area (TPSA) is 40.5 Å². The lowest BCUT2D eigenvalue weighted by molar-refractivity contribution is -0.00809. The van der Waals surface area contributed by atoms with Crippen molar-refractivity contribution in [1.82, 2.24) is 0 Å². The minimum atomic E-state index is -0.127. The second-order valence-electron chi connectivity index (χ2n) is 7.55. The summed E-state index contributed by atoms with van der Waals surface area (Å²) in [4.78, 5) is 0. The van der Waals surface area contributed by atoms with Crippen molar-refractivity contribution in [3.8, 4) is 5.75 Å². The number of phenolic OH excluding ortho intramolecular Hbond substituents is 1. The van der Waals surface area contributed by atoms with Crippen molar-refractivity contribution < 1.29 is 10.2 Å². The third kappa shape index (κ3) is 1.75. The van der Waals surface area contributed by atoms with E-state index in [0.717, 1.165) is 25.7 Å². The van der Waals surface area contributed by atoms with Crippen LogP contribution in [0.1, 0.15) is 56.6 Å². The molecule has 2 N–H and O–H groups in total. The Bertz CT molecular complexity index is 618. The highest BCUT2D eigenvalue weighted by Crippen LogP contribution is 2.60. The van der Waals surface area contributed by atoms with E-state index >= 15 is 0 Å². The number of hydrogen-bond acceptors (Lipinski definition) is 2. The normalized spacial score (nSPS) is 41.0. The highest BCUT2D eigenvalue weighted by molar-refractivity contribution is 5.71. The minimum Gasteiger partial charge on any atom is -0.508 e. The summed E-state index contributed by atoms with van der Waals surface area (Å²) in [5.41, 5.74) is 4.01. The van der Waals surface area contributed by atoms with Gasteiger partial charge in [0.25, 0.3) is 0 Å². The summed E-state index contributed by atoms with van der Waals surface area (Å²) in [6, 6.07) is 5.85. The molecule has 1 aromatic carbocycles. The van der Waals surface area contributed by atoms with Crippen LogP contribution in [0.3, 0.4) is 0 Å². The molecule has 4 rings (SSSR count). The molecule has 1 aromatic rings. The molecule has 112 valence electrons.